The van der Waals surface area contributed by atoms with Crippen LogP contribution in [0.5, 0.6) is 0 Å². The molecule has 0 bridgehead atoms. The minimum atomic E-state index is 0.253. The van der Waals surface area contributed by atoms with Gasteiger partial charge in [-0.15, -0.1) is 0 Å². The Bertz CT molecular complexity index is 984. The number of amides is 1. The normalized spacial score (nSPS) is 17.0. The molecule has 0 saturated carbocycles. The summed E-state index contributed by atoms with van der Waals surface area (Å²) in [6.45, 7) is 5.41. The van der Waals surface area contributed by atoms with Crippen molar-refractivity contribution in [2.45, 2.75) is 45.1 Å². The Morgan fingerprint density at radius 3 is 2.90 bits per heavy atom. The number of nitrogens with zero attached hydrogens (tertiary/aromatic N) is 4. The Morgan fingerprint density at radius 2 is 2.10 bits per heavy atom. The van der Waals surface area contributed by atoms with Gasteiger partial charge in [0, 0.05) is 74.1 Å². The number of fused-ring (bicyclic) bond motifs is 1. The molecule has 1 aliphatic rings. The number of hydrogen-bond donors (Lipinski definition) is 1. The van der Waals surface area contributed by atoms with Gasteiger partial charge in [0.25, 0.3) is 0 Å². The predicted molar refractivity (Wildman–Crippen MR) is 119 cm³/mol. The maximum atomic E-state index is 12.3. The number of nitrogens with one attached hydrogen (secondary N) is 1. The van der Waals surface area contributed by atoms with Crippen LogP contribution in [0.4, 0.5) is 0 Å². The second kappa shape index (κ2) is 9.39. The van der Waals surface area contributed by atoms with Crippen LogP contribution in [0.25, 0.3) is 11.0 Å². The van der Waals surface area contributed by atoms with Crippen molar-refractivity contribution in [1.29, 1.82) is 0 Å². The van der Waals surface area contributed by atoms with Gasteiger partial charge in [-0.2, -0.15) is 0 Å². The molecule has 4 rings (SSSR count). The van der Waals surface area contributed by atoms with Gasteiger partial charge < -0.3 is 14.8 Å². The fraction of sp³-hybridized carbons (Fsp3) is 0.458. The molecule has 0 aromatic carbocycles. The molecule has 3 aromatic heterocycles. The zero-order chi connectivity index (χ0) is 20.9. The van der Waals surface area contributed by atoms with Crippen molar-refractivity contribution in [2.75, 3.05) is 26.7 Å². The molecule has 158 valence electrons. The van der Waals surface area contributed by atoms with Gasteiger partial charge in [0.15, 0.2) is 0 Å². The first-order valence-corrected chi connectivity index (χ1v) is 11.0. The molecule has 4 heterocycles. The van der Waals surface area contributed by atoms with Gasteiger partial charge in [0.05, 0.1) is 0 Å². The van der Waals surface area contributed by atoms with E-state index >= 15 is 0 Å². The van der Waals surface area contributed by atoms with Crippen molar-refractivity contribution in [3.8, 4) is 0 Å². The number of piperidine rings is 1. The standard InChI is InChI=1S/C24H31N5O/c1-3-22(30)29-14-7-8-18(16-29)23-21(20-10-6-13-26-24(20)27-23)17-28(2)15-11-19-9-4-5-12-25-19/h4-6,9-10,12-13,18H,3,7-8,11,14-17H2,1-2H3,(H,26,27)/t18-/m1/s1. The molecule has 3 aromatic rings. The van der Waals surface area contributed by atoms with Crippen LogP contribution in [0.2, 0.25) is 0 Å². The molecule has 6 heteroatoms. The summed E-state index contributed by atoms with van der Waals surface area (Å²) in [6, 6.07) is 10.2. The third-order valence-corrected chi connectivity index (χ3v) is 6.10. The van der Waals surface area contributed by atoms with Gasteiger partial charge in [-0.05, 0) is 49.7 Å². The third-order valence-electron chi connectivity index (χ3n) is 6.10. The second-order valence-corrected chi connectivity index (χ2v) is 8.26. The Balaban J connectivity index is 1.55. The predicted octanol–water partition coefficient (Wildman–Crippen LogP) is 3.75. The highest BCUT2D eigenvalue weighted by atomic mass is 16.2. The van der Waals surface area contributed by atoms with Gasteiger partial charge in [-0.3, -0.25) is 9.78 Å². The van der Waals surface area contributed by atoms with Crippen LogP contribution >= 0.6 is 0 Å². The molecule has 1 N–H and O–H groups in total. The van der Waals surface area contributed by atoms with Crippen molar-refractivity contribution >= 4 is 16.9 Å². The quantitative estimate of drug-likeness (QED) is 0.650. The smallest absolute Gasteiger partial charge is 0.222 e. The number of hydrogen-bond acceptors (Lipinski definition) is 4. The number of H-pyrrole nitrogens is 1. The number of likely N-dealkylation sites (N-methyl/N-ethyl adjacent to an activating group) is 1. The minimum Gasteiger partial charge on any atom is -0.343 e. The fourth-order valence-corrected chi connectivity index (χ4v) is 4.48. The van der Waals surface area contributed by atoms with E-state index in [1.54, 1.807) is 0 Å². The van der Waals surface area contributed by atoms with E-state index < -0.39 is 0 Å². The van der Waals surface area contributed by atoms with Crippen LogP contribution in [0.1, 0.15) is 49.1 Å². The van der Waals surface area contributed by atoms with Crippen LogP contribution in [0, 0.1) is 0 Å². The molecule has 0 radical (unpaired) electrons. The molecular formula is C24H31N5O. The van der Waals surface area contributed by atoms with Gasteiger partial charge in [-0.25, -0.2) is 4.98 Å². The highest BCUT2D eigenvalue weighted by Crippen LogP contribution is 2.33. The number of rotatable bonds is 7. The largest absolute Gasteiger partial charge is 0.343 e. The zero-order valence-electron chi connectivity index (χ0n) is 18.0. The molecular weight excluding hydrogens is 374 g/mol. The van der Waals surface area contributed by atoms with Crippen LogP contribution in [-0.4, -0.2) is 57.3 Å². The van der Waals surface area contributed by atoms with Gasteiger partial charge in [0.2, 0.25) is 5.91 Å². The number of carbonyl (C=O) groups is 1. The number of aromatic amines is 1. The third kappa shape index (κ3) is 4.54. The number of carbonyl (C=O) groups excluding carboxylic acids is 1. The lowest BCUT2D eigenvalue weighted by molar-refractivity contribution is -0.132. The first kappa shape index (κ1) is 20.5. The van der Waals surface area contributed by atoms with E-state index in [-0.39, 0.29) is 5.91 Å². The van der Waals surface area contributed by atoms with Gasteiger partial charge in [-0.1, -0.05) is 13.0 Å². The van der Waals surface area contributed by atoms with Crippen LogP contribution in [-0.2, 0) is 17.8 Å². The van der Waals surface area contributed by atoms with E-state index in [1.165, 1.54) is 16.6 Å². The number of likely N-dealkylation sites (tertiary alicyclic amines) is 1. The monoisotopic (exact) mass is 405 g/mol. The summed E-state index contributed by atoms with van der Waals surface area (Å²) in [5, 5.41) is 1.19. The van der Waals surface area contributed by atoms with Crippen LogP contribution in [0.15, 0.2) is 42.7 Å². The van der Waals surface area contributed by atoms with Crippen molar-refractivity contribution in [1.82, 2.24) is 24.8 Å². The summed E-state index contributed by atoms with van der Waals surface area (Å²) in [5.74, 6) is 0.589. The molecule has 0 spiro atoms. The van der Waals surface area contributed by atoms with Gasteiger partial charge >= 0.3 is 0 Å². The summed E-state index contributed by atoms with van der Waals surface area (Å²) in [5.41, 5.74) is 4.63. The van der Waals surface area contributed by atoms with Crippen LogP contribution < -0.4 is 0 Å². The topological polar surface area (TPSA) is 65.1 Å². The minimum absolute atomic E-state index is 0.253. The lowest BCUT2D eigenvalue weighted by Gasteiger charge is -2.33. The van der Waals surface area contributed by atoms with E-state index in [0.29, 0.717) is 12.3 Å². The van der Waals surface area contributed by atoms with Crippen molar-refractivity contribution in [2.24, 2.45) is 0 Å². The second-order valence-electron chi connectivity index (χ2n) is 8.26. The van der Waals surface area contributed by atoms with Crippen molar-refractivity contribution in [3.63, 3.8) is 0 Å². The SMILES string of the molecule is CCC(=O)N1CCC[C@@H](c2[nH]c3ncccc3c2CN(C)CCc2ccccn2)C1. The molecule has 1 aliphatic heterocycles. The highest BCUT2D eigenvalue weighted by molar-refractivity contribution is 5.81. The van der Waals surface area contributed by atoms with E-state index in [0.717, 1.165) is 56.8 Å². The summed E-state index contributed by atoms with van der Waals surface area (Å²) in [6.07, 6.45) is 7.34. The molecule has 1 atom stereocenters. The van der Waals surface area contributed by atoms with E-state index in [4.69, 9.17) is 0 Å². The zero-order valence-corrected chi connectivity index (χ0v) is 18.0. The molecule has 1 fully saturated rings. The summed E-state index contributed by atoms with van der Waals surface area (Å²) < 4.78 is 0. The lowest BCUT2D eigenvalue weighted by Crippen LogP contribution is -2.39. The van der Waals surface area contributed by atoms with Crippen molar-refractivity contribution < 1.29 is 4.79 Å². The number of pyridine rings is 2. The first-order chi connectivity index (χ1) is 14.7. The highest BCUT2D eigenvalue weighted by Gasteiger charge is 2.28. The average Bonchev–Trinajstić information content (AvgIpc) is 3.16. The molecule has 30 heavy (non-hydrogen) atoms. The fourth-order valence-electron chi connectivity index (χ4n) is 4.48. The first-order valence-electron chi connectivity index (χ1n) is 11.0. The summed E-state index contributed by atoms with van der Waals surface area (Å²) in [7, 11) is 2.16. The Hall–Kier alpha value is -2.73. The van der Waals surface area contributed by atoms with E-state index in [2.05, 4.69) is 39.0 Å². The average molecular weight is 406 g/mol. The Morgan fingerprint density at radius 1 is 1.23 bits per heavy atom. The van der Waals surface area contributed by atoms with E-state index in [1.807, 2.05) is 42.4 Å². The summed E-state index contributed by atoms with van der Waals surface area (Å²) >= 11 is 0. The molecule has 6 nitrogen and oxygen atoms in total. The molecule has 0 unspecified atom stereocenters. The lowest BCUT2D eigenvalue weighted by atomic mass is 9.91. The van der Waals surface area contributed by atoms with Crippen LogP contribution in [0.3, 0.4) is 0 Å². The molecule has 1 saturated heterocycles. The number of aromatic nitrogens is 3. The maximum Gasteiger partial charge on any atom is 0.222 e. The summed E-state index contributed by atoms with van der Waals surface area (Å²) in [4.78, 5) is 29.3. The Kier molecular flexibility index (Phi) is 6.43. The van der Waals surface area contributed by atoms with Gasteiger partial charge in [0.1, 0.15) is 5.65 Å². The van der Waals surface area contributed by atoms with Crippen molar-refractivity contribution in [3.05, 3.63) is 59.7 Å². The molecule has 1 amide bonds. The maximum absolute atomic E-state index is 12.3. The van der Waals surface area contributed by atoms with E-state index in [9.17, 15) is 4.79 Å². The Labute approximate surface area is 178 Å². The molecule has 0 aliphatic carbocycles.